The summed E-state index contributed by atoms with van der Waals surface area (Å²) < 4.78 is 0. The fraction of sp³-hybridized carbons (Fsp3) is 0.462. The molecule has 1 aromatic rings. The Kier molecular flexibility index (Phi) is 2.76. The van der Waals surface area contributed by atoms with Crippen molar-refractivity contribution in [2.24, 2.45) is 0 Å². The van der Waals surface area contributed by atoms with Gasteiger partial charge in [-0.1, -0.05) is 23.8 Å². The van der Waals surface area contributed by atoms with Crippen molar-refractivity contribution in [1.82, 2.24) is 0 Å². The highest BCUT2D eigenvalue weighted by atomic mass is 16.4. The first-order valence-corrected chi connectivity index (χ1v) is 5.48. The van der Waals surface area contributed by atoms with Crippen LogP contribution in [-0.2, 0) is 11.2 Å². The summed E-state index contributed by atoms with van der Waals surface area (Å²) in [6, 6.07) is 6.43. The van der Waals surface area contributed by atoms with Crippen molar-refractivity contribution < 1.29 is 9.90 Å². The monoisotopic (exact) mass is 204 g/mol. The van der Waals surface area contributed by atoms with E-state index in [1.54, 1.807) is 0 Å². The quantitative estimate of drug-likeness (QED) is 0.818. The molecule has 2 heteroatoms. The molecule has 1 fully saturated rings. The molecular weight excluding hydrogens is 188 g/mol. The van der Waals surface area contributed by atoms with E-state index in [0.717, 1.165) is 0 Å². The Labute approximate surface area is 89.9 Å². The van der Waals surface area contributed by atoms with Crippen LogP contribution in [0, 0.1) is 6.92 Å². The number of aryl methyl sites for hydroxylation is 2. The van der Waals surface area contributed by atoms with E-state index in [4.69, 9.17) is 5.11 Å². The smallest absolute Gasteiger partial charge is 0.303 e. The Morgan fingerprint density at radius 1 is 1.47 bits per heavy atom. The molecule has 0 aliphatic heterocycles. The van der Waals surface area contributed by atoms with Crippen LogP contribution in [0.4, 0.5) is 0 Å². The Bertz CT molecular complexity index is 378. The van der Waals surface area contributed by atoms with Crippen LogP contribution in [0.5, 0.6) is 0 Å². The summed E-state index contributed by atoms with van der Waals surface area (Å²) in [4.78, 5) is 10.6. The van der Waals surface area contributed by atoms with E-state index < -0.39 is 5.97 Å². The molecule has 1 aliphatic carbocycles. The molecule has 1 saturated carbocycles. The first-order valence-electron chi connectivity index (χ1n) is 5.48. The van der Waals surface area contributed by atoms with Crippen molar-refractivity contribution in [3.8, 4) is 0 Å². The van der Waals surface area contributed by atoms with Crippen LogP contribution in [0.25, 0.3) is 0 Å². The van der Waals surface area contributed by atoms with E-state index in [1.165, 1.54) is 29.5 Å². The minimum absolute atomic E-state index is 0.239. The van der Waals surface area contributed by atoms with Gasteiger partial charge in [-0.25, -0.2) is 0 Å². The van der Waals surface area contributed by atoms with Gasteiger partial charge in [-0.15, -0.1) is 0 Å². The second kappa shape index (κ2) is 4.05. The largest absolute Gasteiger partial charge is 0.481 e. The molecule has 0 heterocycles. The number of carboxylic acids is 1. The van der Waals surface area contributed by atoms with E-state index in [-0.39, 0.29) is 6.42 Å². The molecule has 0 radical (unpaired) electrons. The van der Waals surface area contributed by atoms with Crippen LogP contribution in [0.1, 0.15) is 41.9 Å². The van der Waals surface area contributed by atoms with Crippen LogP contribution in [0.3, 0.4) is 0 Å². The molecule has 0 bridgehead atoms. The maximum absolute atomic E-state index is 10.6. The fourth-order valence-corrected chi connectivity index (χ4v) is 1.99. The molecule has 2 rings (SSSR count). The molecule has 15 heavy (non-hydrogen) atoms. The topological polar surface area (TPSA) is 37.3 Å². The van der Waals surface area contributed by atoms with Gasteiger partial charge in [0, 0.05) is 6.42 Å². The summed E-state index contributed by atoms with van der Waals surface area (Å²) in [6.07, 6.45) is 3.44. The van der Waals surface area contributed by atoms with Gasteiger partial charge in [0.15, 0.2) is 0 Å². The van der Waals surface area contributed by atoms with Gasteiger partial charge >= 0.3 is 5.97 Å². The lowest BCUT2D eigenvalue weighted by molar-refractivity contribution is -0.136. The van der Waals surface area contributed by atoms with Gasteiger partial charge < -0.3 is 5.11 Å². The molecule has 0 spiro atoms. The van der Waals surface area contributed by atoms with Crippen molar-refractivity contribution in [2.45, 2.75) is 38.5 Å². The molecule has 0 aromatic heterocycles. The molecule has 0 saturated heterocycles. The van der Waals surface area contributed by atoms with Gasteiger partial charge in [-0.05, 0) is 43.2 Å². The van der Waals surface area contributed by atoms with Gasteiger partial charge in [0.1, 0.15) is 0 Å². The number of carboxylic acid groups (broad SMARTS) is 1. The van der Waals surface area contributed by atoms with Crippen LogP contribution in [-0.4, -0.2) is 11.1 Å². The van der Waals surface area contributed by atoms with E-state index in [0.29, 0.717) is 12.3 Å². The molecule has 1 aromatic carbocycles. The highest BCUT2D eigenvalue weighted by Gasteiger charge is 2.25. The first kappa shape index (κ1) is 10.2. The van der Waals surface area contributed by atoms with Crippen molar-refractivity contribution in [2.75, 3.05) is 0 Å². The summed E-state index contributed by atoms with van der Waals surface area (Å²) in [5.74, 6) is -0.00681. The van der Waals surface area contributed by atoms with E-state index >= 15 is 0 Å². The molecular formula is C13H16O2. The second-order valence-corrected chi connectivity index (χ2v) is 4.37. The summed E-state index contributed by atoms with van der Waals surface area (Å²) in [6.45, 7) is 2.06. The van der Waals surface area contributed by atoms with Crippen LogP contribution < -0.4 is 0 Å². The van der Waals surface area contributed by atoms with E-state index in [2.05, 4.69) is 25.1 Å². The molecule has 2 nitrogen and oxygen atoms in total. The summed E-state index contributed by atoms with van der Waals surface area (Å²) in [7, 11) is 0. The highest BCUT2D eigenvalue weighted by Crippen LogP contribution is 2.42. The lowest BCUT2D eigenvalue weighted by Crippen LogP contribution is -2.00. The Balaban J connectivity index is 2.18. The maximum atomic E-state index is 10.6. The highest BCUT2D eigenvalue weighted by molar-refractivity contribution is 5.67. The third-order valence-corrected chi connectivity index (χ3v) is 2.92. The lowest BCUT2D eigenvalue weighted by atomic mass is 9.97. The molecule has 1 N–H and O–H groups in total. The number of aliphatic carboxylic acids is 1. The number of benzene rings is 1. The second-order valence-electron chi connectivity index (χ2n) is 4.37. The normalized spacial score (nSPS) is 15.3. The Hall–Kier alpha value is -1.31. The van der Waals surface area contributed by atoms with Crippen molar-refractivity contribution in [3.05, 3.63) is 34.9 Å². The SMILES string of the molecule is Cc1ccc(C2CC2)c(CCC(=O)O)c1. The van der Waals surface area contributed by atoms with Crippen LogP contribution >= 0.6 is 0 Å². The van der Waals surface area contributed by atoms with Crippen LogP contribution in [0.15, 0.2) is 18.2 Å². The molecule has 0 amide bonds. The zero-order valence-electron chi connectivity index (χ0n) is 8.99. The van der Waals surface area contributed by atoms with Gasteiger partial charge in [-0.2, -0.15) is 0 Å². The predicted molar refractivity (Wildman–Crippen MR) is 59.1 cm³/mol. The number of hydrogen-bond donors (Lipinski definition) is 1. The van der Waals surface area contributed by atoms with E-state index in [9.17, 15) is 4.79 Å². The summed E-state index contributed by atoms with van der Waals surface area (Å²) >= 11 is 0. The Morgan fingerprint density at radius 3 is 2.80 bits per heavy atom. The number of hydrogen-bond acceptors (Lipinski definition) is 1. The zero-order chi connectivity index (χ0) is 10.8. The molecule has 80 valence electrons. The molecule has 0 atom stereocenters. The Morgan fingerprint density at radius 2 is 2.20 bits per heavy atom. The number of carbonyl (C=O) groups is 1. The van der Waals surface area contributed by atoms with Crippen molar-refractivity contribution >= 4 is 5.97 Å². The lowest BCUT2D eigenvalue weighted by Gasteiger charge is -2.08. The number of rotatable bonds is 4. The predicted octanol–water partition coefficient (Wildman–Crippen LogP) is 2.89. The van der Waals surface area contributed by atoms with Crippen LogP contribution in [0.2, 0.25) is 0 Å². The average molecular weight is 204 g/mol. The van der Waals surface area contributed by atoms with Gasteiger partial charge in [0.05, 0.1) is 0 Å². The fourth-order valence-electron chi connectivity index (χ4n) is 1.99. The van der Waals surface area contributed by atoms with E-state index in [1.807, 2.05) is 0 Å². The van der Waals surface area contributed by atoms with Gasteiger partial charge in [0.2, 0.25) is 0 Å². The first-order chi connectivity index (χ1) is 7.16. The standard InChI is InChI=1S/C13H16O2/c1-9-2-6-12(10-3-4-10)11(8-9)5-7-13(14)15/h2,6,8,10H,3-5,7H2,1H3,(H,14,15). The van der Waals surface area contributed by atoms with Gasteiger partial charge in [-0.3, -0.25) is 4.79 Å². The average Bonchev–Trinajstić information content (AvgIpc) is 2.98. The summed E-state index contributed by atoms with van der Waals surface area (Å²) in [5.41, 5.74) is 3.83. The molecule has 0 unspecified atom stereocenters. The van der Waals surface area contributed by atoms with Gasteiger partial charge in [0.25, 0.3) is 0 Å². The third-order valence-electron chi connectivity index (χ3n) is 2.92. The minimum atomic E-state index is -0.710. The maximum Gasteiger partial charge on any atom is 0.303 e. The zero-order valence-corrected chi connectivity index (χ0v) is 8.99. The minimum Gasteiger partial charge on any atom is -0.481 e. The third kappa shape index (κ3) is 2.58. The van der Waals surface area contributed by atoms with Crippen molar-refractivity contribution in [1.29, 1.82) is 0 Å². The molecule has 1 aliphatic rings. The van der Waals surface area contributed by atoms with Crippen molar-refractivity contribution in [3.63, 3.8) is 0 Å². The summed E-state index contributed by atoms with van der Waals surface area (Å²) in [5, 5.41) is 8.69.